The molecular weight excluding hydrogens is 214 g/mol. The van der Waals surface area contributed by atoms with Gasteiger partial charge < -0.3 is 9.67 Å². The summed E-state index contributed by atoms with van der Waals surface area (Å²) in [5.74, 6) is 5.59. The Morgan fingerprint density at radius 2 is 1.76 bits per heavy atom. The minimum atomic E-state index is -0.440. The Kier molecular flexibility index (Phi) is 2.97. The van der Waals surface area contributed by atoms with Gasteiger partial charge in [0.25, 0.3) is 5.56 Å². The van der Waals surface area contributed by atoms with Crippen LogP contribution in [0.15, 0.2) is 47.3 Å². The molecule has 0 aliphatic carbocycles. The molecule has 17 heavy (non-hydrogen) atoms. The number of hydrogen-bond donors (Lipinski definition) is 1. The highest BCUT2D eigenvalue weighted by Gasteiger charge is 2.01. The van der Waals surface area contributed by atoms with E-state index in [0.29, 0.717) is 5.69 Å². The van der Waals surface area contributed by atoms with Gasteiger partial charge in [-0.1, -0.05) is 24.1 Å². The Bertz CT molecular complexity index is 645. The topological polar surface area (TPSA) is 42.2 Å². The molecular formula is C14H11NO2. The Morgan fingerprint density at radius 1 is 1.06 bits per heavy atom. The van der Waals surface area contributed by atoms with Crippen LogP contribution in [0.4, 0.5) is 0 Å². The molecule has 0 spiro atoms. The van der Waals surface area contributed by atoms with E-state index >= 15 is 0 Å². The molecule has 1 aromatic heterocycles. The van der Waals surface area contributed by atoms with E-state index in [4.69, 9.17) is 0 Å². The SMILES string of the molecule is Cn1c(C#Cc2ccccc2)ccc(O)c1=O. The van der Waals surface area contributed by atoms with Crippen molar-refractivity contribution in [3.8, 4) is 17.6 Å². The first-order chi connectivity index (χ1) is 8.18. The number of aromatic nitrogens is 1. The van der Waals surface area contributed by atoms with Crippen LogP contribution in [0.3, 0.4) is 0 Å². The lowest BCUT2D eigenvalue weighted by atomic mass is 10.2. The van der Waals surface area contributed by atoms with E-state index in [1.807, 2.05) is 30.3 Å². The molecule has 0 atom stereocenters. The first-order valence-electron chi connectivity index (χ1n) is 5.14. The van der Waals surface area contributed by atoms with Crippen molar-refractivity contribution in [2.45, 2.75) is 0 Å². The van der Waals surface area contributed by atoms with Crippen LogP contribution in [0.25, 0.3) is 0 Å². The van der Waals surface area contributed by atoms with E-state index in [1.54, 1.807) is 13.1 Å². The molecule has 0 bridgehead atoms. The molecule has 2 aromatic rings. The zero-order valence-electron chi connectivity index (χ0n) is 9.34. The van der Waals surface area contributed by atoms with Gasteiger partial charge in [0.1, 0.15) is 0 Å². The number of rotatable bonds is 0. The maximum atomic E-state index is 11.4. The molecule has 0 aliphatic heterocycles. The van der Waals surface area contributed by atoms with Gasteiger partial charge in [-0.3, -0.25) is 4.79 Å². The number of aromatic hydroxyl groups is 1. The van der Waals surface area contributed by atoms with E-state index in [-0.39, 0.29) is 5.75 Å². The van der Waals surface area contributed by atoms with Crippen LogP contribution in [-0.4, -0.2) is 9.67 Å². The monoisotopic (exact) mass is 225 g/mol. The second-order valence-electron chi connectivity index (χ2n) is 3.58. The molecule has 1 N–H and O–H groups in total. The van der Waals surface area contributed by atoms with Crippen molar-refractivity contribution < 1.29 is 5.11 Å². The minimum Gasteiger partial charge on any atom is -0.503 e. The average Bonchev–Trinajstić information content (AvgIpc) is 2.36. The summed E-state index contributed by atoms with van der Waals surface area (Å²) in [7, 11) is 1.58. The lowest BCUT2D eigenvalue weighted by molar-refractivity contribution is 0.461. The van der Waals surface area contributed by atoms with Crippen molar-refractivity contribution >= 4 is 0 Å². The molecule has 0 amide bonds. The average molecular weight is 225 g/mol. The molecule has 3 nitrogen and oxygen atoms in total. The van der Waals surface area contributed by atoms with Crippen molar-refractivity contribution in [1.82, 2.24) is 4.57 Å². The zero-order chi connectivity index (χ0) is 12.3. The third-order valence-electron chi connectivity index (χ3n) is 2.39. The second-order valence-corrected chi connectivity index (χ2v) is 3.58. The number of hydrogen-bond acceptors (Lipinski definition) is 2. The molecule has 3 heteroatoms. The Morgan fingerprint density at radius 3 is 2.47 bits per heavy atom. The fourth-order valence-corrected chi connectivity index (χ4v) is 1.41. The molecule has 0 aliphatic rings. The van der Waals surface area contributed by atoms with Crippen molar-refractivity contribution in [3.63, 3.8) is 0 Å². The van der Waals surface area contributed by atoms with Gasteiger partial charge in [-0.25, -0.2) is 0 Å². The van der Waals surface area contributed by atoms with Gasteiger partial charge >= 0.3 is 0 Å². The van der Waals surface area contributed by atoms with Gasteiger partial charge in [0, 0.05) is 12.6 Å². The summed E-state index contributed by atoms with van der Waals surface area (Å²) < 4.78 is 1.32. The van der Waals surface area contributed by atoms with Crippen molar-refractivity contribution in [3.05, 3.63) is 64.1 Å². The summed E-state index contributed by atoms with van der Waals surface area (Å²) in [6, 6.07) is 12.5. The molecule has 84 valence electrons. The van der Waals surface area contributed by atoms with Crippen molar-refractivity contribution in [2.75, 3.05) is 0 Å². The smallest absolute Gasteiger partial charge is 0.293 e. The van der Waals surface area contributed by atoms with E-state index in [1.165, 1.54) is 10.6 Å². The predicted octanol–water partition coefficient (Wildman–Crippen LogP) is 1.49. The molecule has 0 saturated heterocycles. The zero-order valence-corrected chi connectivity index (χ0v) is 9.34. The van der Waals surface area contributed by atoms with Gasteiger partial charge in [-0.15, -0.1) is 0 Å². The number of nitrogens with zero attached hydrogens (tertiary/aromatic N) is 1. The number of benzene rings is 1. The van der Waals surface area contributed by atoms with Crippen LogP contribution >= 0.6 is 0 Å². The van der Waals surface area contributed by atoms with Gasteiger partial charge in [0.2, 0.25) is 0 Å². The third kappa shape index (κ3) is 2.37. The van der Waals surface area contributed by atoms with Crippen molar-refractivity contribution in [1.29, 1.82) is 0 Å². The van der Waals surface area contributed by atoms with Gasteiger partial charge in [-0.05, 0) is 30.2 Å². The molecule has 1 heterocycles. The molecule has 2 rings (SSSR count). The molecule has 0 unspecified atom stereocenters. The quantitative estimate of drug-likeness (QED) is 0.690. The van der Waals surface area contributed by atoms with Gasteiger partial charge in [-0.2, -0.15) is 0 Å². The molecule has 0 radical (unpaired) electrons. The van der Waals surface area contributed by atoms with Crippen LogP contribution in [-0.2, 0) is 7.05 Å². The predicted molar refractivity (Wildman–Crippen MR) is 65.8 cm³/mol. The highest BCUT2D eigenvalue weighted by atomic mass is 16.3. The first kappa shape index (κ1) is 11.0. The summed E-state index contributed by atoms with van der Waals surface area (Å²) in [6.45, 7) is 0. The summed E-state index contributed by atoms with van der Waals surface area (Å²) >= 11 is 0. The van der Waals surface area contributed by atoms with Crippen LogP contribution in [0.1, 0.15) is 11.3 Å². The third-order valence-corrected chi connectivity index (χ3v) is 2.39. The summed E-state index contributed by atoms with van der Waals surface area (Å²) in [4.78, 5) is 11.4. The van der Waals surface area contributed by atoms with Crippen LogP contribution in [0, 0.1) is 11.8 Å². The molecule has 1 aromatic carbocycles. The molecule has 0 saturated carbocycles. The highest BCUT2D eigenvalue weighted by molar-refractivity contribution is 5.40. The lowest BCUT2D eigenvalue weighted by Gasteiger charge is -2.01. The summed E-state index contributed by atoms with van der Waals surface area (Å²) in [5.41, 5.74) is 1.01. The second kappa shape index (κ2) is 4.58. The van der Waals surface area contributed by atoms with E-state index in [9.17, 15) is 9.90 Å². The van der Waals surface area contributed by atoms with Crippen molar-refractivity contribution in [2.24, 2.45) is 7.05 Å². The number of pyridine rings is 1. The maximum Gasteiger partial charge on any atom is 0.293 e. The Labute approximate surface area is 99.0 Å². The Hall–Kier alpha value is -2.47. The molecule has 0 fully saturated rings. The largest absolute Gasteiger partial charge is 0.503 e. The van der Waals surface area contributed by atoms with Crippen LogP contribution < -0.4 is 5.56 Å². The Balaban J connectivity index is 2.42. The normalized spacial score (nSPS) is 9.47. The lowest BCUT2D eigenvalue weighted by Crippen LogP contribution is -2.17. The van der Waals surface area contributed by atoms with E-state index < -0.39 is 5.56 Å². The van der Waals surface area contributed by atoms with E-state index in [2.05, 4.69) is 11.8 Å². The van der Waals surface area contributed by atoms with E-state index in [0.717, 1.165) is 5.56 Å². The fourth-order valence-electron chi connectivity index (χ4n) is 1.41. The standard InChI is InChI=1S/C14H11NO2/c1-15-12(9-10-13(16)14(15)17)8-7-11-5-3-2-4-6-11/h2-6,9-10,16H,1H3. The fraction of sp³-hybridized carbons (Fsp3) is 0.0714. The van der Waals surface area contributed by atoms with Gasteiger partial charge in [0.05, 0.1) is 5.69 Å². The van der Waals surface area contributed by atoms with Crippen LogP contribution in [0.5, 0.6) is 5.75 Å². The summed E-state index contributed by atoms with van der Waals surface area (Å²) in [5, 5.41) is 9.23. The minimum absolute atomic E-state index is 0.266. The summed E-state index contributed by atoms with van der Waals surface area (Å²) in [6.07, 6.45) is 0. The van der Waals surface area contributed by atoms with Gasteiger partial charge in [0.15, 0.2) is 5.75 Å². The highest BCUT2D eigenvalue weighted by Crippen LogP contribution is 2.02. The maximum absolute atomic E-state index is 11.4. The van der Waals surface area contributed by atoms with Crippen LogP contribution in [0.2, 0.25) is 0 Å². The first-order valence-corrected chi connectivity index (χ1v) is 5.14.